The summed E-state index contributed by atoms with van der Waals surface area (Å²) in [6.07, 6.45) is 0. The van der Waals surface area contributed by atoms with Gasteiger partial charge < -0.3 is 4.52 Å². The Labute approximate surface area is 89.5 Å². The molecule has 0 bridgehead atoms. The molecule has 1 aromatic heterocycles. The lowest BCUT2D eigenvalue weighted by Crippen LogP contribution is -1.84. The molecule has 78 valence electrons. The first-order valence-electron chi connectivity index (χ1n) is 4.17. The lowest BCUT2D eigenvalue weighted by atomic mass is 10.1. The van der Waals surface area contributed by atoms with Crippen LogP contribution in [0.5, 0.6) is 0 Å². The Hall–Kier alpha value is -1.42. The first-order chi connectivity index (χ1) is 7.20. The van der Waals surface area contributed by atoms with Crippen LogP contribution in [0.2, 0.25) is 0 Å². The first kappa shape index (κ1) is 10.1. The third-order valence-corrected chi connectivity index (χ3v) is 2.17. The van der Waals surface area contributed by atoms with E-state index in [1.54, 1.807) is 0 Å². The van der Waals surface area contributed by atoms with Gasteiger partial charge in [0, 0.05) is 12.1 Å². The summed E-state index contributed by atoms with van der Waals surface area (Å²) in [5.41, 5.74) is 0.677. The molecule has 2 aromatic rings. The van der Waals surface area contributed by atoms with Crippen molar-refractivity contribution in [3.63, 3.8) is 0 Å². The zero-order chi connectivity index (χ0) is 10.8. The van der Waals surface area contributed by atoms with E-state index in [1.807, 2.05) is 0 Å². The Bertz CT molecular complexity index is 484. The fourth-order valence-corrected chi connectivity index (χ4v) is 1.32. The maximum absolute atomic E-state index is 13.3. The van der Waals surface area contributed by atoms with Crippen LogP contribution in [0.15, 0.2) is 28.8 Å². The number of rotatable bonds is 2. The van der Waals surface area contributed by atoms with Crippen LogP contribution in [0.1, 0.15) is 5.69 Å². The van der Waals surface area contributed by atoms with E-state index in [4.69, 9.17) is 16.1 Å². The highest BCUT2D eigenvalue weighted by atomic mass is 35.5. The predicted octanol–water partition coefficient (Wildman–Crippen LogP) is 3.36. The van der Waals surface area contributed by atoms with Gasteiger partial charge in [-0.15, -0.1) is 11.6 Å². The van der Waals surface area contributed by atoms with Crippen molar-refractivity contribution in [2.45, 2.75) is 5.88 Å². The van der Waals surface area contributed by atoms with Crippen LogP contribution in [0.4, 0.5) is 8.78 Å². The molecule has 1 heterocycles. The molecule has 0 atom stereocenters. The molecule has 0 fully saturated rings. The number of halogens is 3. The second-order valence-electron chi connectivity index (χ2n) is 2.94. The summed E-state index contributed by atoms with van der Waals surface area (Å²) in [4.78, 5) is 0. The summed E-state index contributed by atoms with van der Waals surface area (Å²) < 4.78 is 30.8. The van der Waals surface area contributed by atoms with Gasteiger partial charge in [-0.1, -0.05) is 5.16 Å². The predicted molar refractivity (Wildman–Crippen MR) is 51.4 cm³/mol. The highest BCUT2D eigenvalue weighted by Crippen LogP contribution is 2.24. The minimum atomic E-state index is -0.688. The molecule has 0 amide bonds. The van der Waals surface area contributed by atoms with Crippen LogP contribution in [0.3, 0.4) is 0 Å². The Morgan fingerprint density at radius 3 is 2.67 bits per heavy atom. The van der Waals surface area contributed by atoms with Gasteiger partial charge in [0.1, 0.15) is 11.6 Å². The molecule has 0 saturated heterocycles. The Morgan fingerprint density at radius 2 is 2.07 bits per heavy atom. The molecule has 0 aliphatic carbocycles. The number of nitrogens with zero attached hydrogens (tertiary/aromatic N) is 1. The van der Waals surface area contributed by atoms with Crippen LogP contribution in [0, 0.1) is 11.6 Å². The lowest BCUT2D eigenvalue weighted by Gasteiger charge is -1.97. The van der Waals surface area contributed by atoms with Crippen molar-refractivity contribution in [3.05, 3.63) is 41.6 Å². The van der Waals surface area contributed by atoms with Crippen molar-refractivity contribution in [2.24, 2.45) is 0 Å². The monoisotopic (exact) mass is 229 g/mol. The third kappa shape index (κ3) is 1.99. The van der Waals surface area contributed by atoms with Crippen LogP contribution in [-0.2, 0) is 5.88 Å². The smallest absolute Gasteiger partial charge is 0.170 e. The quantitative estimate of drug-likeness (QED) is 0.738. The van der Waals surface area contributed by atoms with Crippen LogP contribution in [-0.4, -0.2) is 5.16 Å². The number of aromatic nitrogens is 1. The van der Waals surface area contributed by atoms with Gasteiger partial charge in [0.15, 0.2) is 5.76 Å². The molecule has 2 nitrogen and oxygen atoms in total. The van der Waals surface area contributed by atoms with E-state index in [2.05, 4.69) is 5.16 Å². The second kappa shape index (κ2) is 3.98. The van der Waals surface area contributed by atoms with Crippen molar-refractivity contribution < 1.29 is 13.3 Å². The molecular formula is C10H6ClF2NO. The van der Waals surface area contributed by atoms with Crippen LogP contribution < -0.4 is 0 Å². The van der Waals surface area contributed by atoms with E-state index in [0.29, 0.717) is 5.69 Å². The van der Waals surface area contributed by atoms with Crippen LogP contribution >= 0.6 is 11.6 Å². The van der Waals surface area contributed by atoms with E-state index in [0.717, 1.165) is 12.1 Å². The molecule has 0 spiro atoms. The lowest BCUT2D eigenvalue weighted by molar-refractivity contribution is 0.424. The van der Waals surface area contributed by atoms with Gasteiger partial charge in [0.05, 0.1) is 17.1 Å². The molecule has 0 aliphatic heterocycles. The molecular weight excluding hydrogens is 224 g/mol. The highest BCUT2D eigenvalue weighted by molar-refractivity contribution is 6.16. The maximum Gasteiger partial charge on any atom is 0.170 e. The Morgan fingerprint density at radius 1 is 1.27 bits per heavy atom. The van der Waals surface area contributed by atoms with E-state index in [1.165, 1.54) is 12.1 Å². The molecule has 0 radical (unpaired) electrons. The van der Waals surface area contributed by atoms with Crippen molar-refractivity contribution in [2.75, 3.05) is 0 Å². The molecule has 5 heteroatoms. The van der Waals surface area contributed by atoms with Crippen molar-refractivity contribution >= 4 is 11.6 Å². The first-order valence-corrected chi connectivity index (χ1v) is 4.71. The summed E-state index contributed by atoms with van der Waals surface area (Å²) in [6.45, 7) is 0. The summed E-state index contributed by atoms with van der Waals surface area (Å²) in [7, 11) is 0. The fraction of sp³-hybridized carbons (Fsp3) is 0.100. The summed E-state index contributed by atoms with van der Waals surface area (Å²) in [5.74, 6) is -0.893. The van der Waals surface area contributed by atoms with Gasteiger partial charge in [-0.05, 0) is 12.1 Å². The normalized spacial score (nSPS) is 10.6. The standard InChI is InChI=1S/C10H6ClF2NO/c11-5-7-4-10(15-14-7)8-2-1-6(12)3-9(8)13/h1-4H,5H2. The van der Waals surface area contributed by atoms with Gasteiger partial charge in [-0.3, -0.25) is 0 Å². The SMILES string of the molecule is Fc1ccc(-c2cc(CCl)no2)c(F)c1. The minimum absolute atomic E-state index is 0.167. The van der Waals surface area contributed by atoms with Crippen LogP contribution in [0.25, 0.3) is 11.3 Å². The third-order valence-electron chi connectivity index (χ3n) is 1.89. The Kier molecular flexibility index (Phi) is 2.68. The van der Waals surface area contributed by atoms with Gasteiger partial charge in [-0.25, -0.2) is 8.78 Å². The number of benzene rings is 1. The van der Waals surface area contributed by atoms with Gasteiger partial charge in [0.25, 0.3) is 0 Å². The topological polar surface area (TPSA) is 26.0 Å². The van der Waals surface area contributed by atoms with Gasteiger partial charge in [0.2, 0.25) is 0 Å². The zero-order valence-corrected chi connectivity index (χ0v) is 8.26. The van der Waals surface area contributed by atoms with E-state index in [-0.39, 0.29) is 17.2 Å². The molecule has 0 aliphatic rings. The summed E-state index contributed by atoms with van der Waals surface area (Å²) in [6, 6.07) is 4.76. The molecule has 0 unspecified atom stereocenters. The van der Waals surface area contributed by atoms with Crippen molar-refractivity contribution in [1.29, 1.82) is 0 Å². The van der Waals surface area contributed by atoms with Crippen molar-refractivity contribution in [3.8, 4) is 11.3 Å². The fourth-order valence-electron chi connectivity index (χ4n) is 1.19. The minimum Gasteiger partial charge on any atom is -0.356 e. The van der Waals surface area contributed by atoms with Gasteiger partial charge in [-0.2, -0.15) is 0 Å². The number of hydrogen-bond donors (Lipinski definition) is 0. The van der Waals surface area contributed by atoms with E-state index in [9.17, 15) is 8.78 Å². The largest absolute Gasteiger partial charge is 0.356 e. The number of hydrogen-bond acceptors (Lipinski definition) is 2. The molecule has 2 rings (SSSR count). The molecule has 0 saturated carbocycles. The van der Waals surface area contributed by atoms with Gasteiger partial charge >= 0.3 is 0 Å². The average Bonchev–Trinajstić information content (AvgIpc) is 2.66. The summed E-state index contributed by atoms with van der Waals surface area (Å²) >= 11 is 5.52. The van der Waals surface area contributed by atoms with E-state index >= 15 is 0 Å². The zero-order valence-electron chi connectivity index (χ0n) is 7.51. The highest BCUT2D eigenvalue weighted by Gasteiger charge is 2.11. The summed E-state index contributed by atoms with van der Waals surface area (Å²) in [5, 5.41) is 3.61. The Balaban J connectivity index is 2.44. The number of alkyl halides is 1. The second-order valence-corrected chi connectivity index (χ2v) is 3.21. The molecule has 0 N–H and O–H groups in total. The van der Waals surface area contributed by atoms with E-state index < -0.39 is 11.6 Å². The molecule has 1 aromatic carbocycles. The average molecular weight is 230 g/mol. The maximum atomic E-state index is 13.3. The molecule has 15 heavy (non-hydrogen) atoms. The van der Waals surface area contributed by atoms with Crippen molar-refractivity contribution in [1.82, 2.24) is 5.16 Å².